The van der Waals surface area contributed by atoms with E-state index in [2.05, 4.69) is 19.2 Å². The van der Waals surface area contributed by atoms with E-state index in [0.29, 0.717) is 19.1 Å². The summed E-state index contributed by atoms with van der Waals surface area (Å²) in [5.74, 6) is 0.656. The summed E-state index contributed by atoms with van der Waals surface area (Å²) in [7, 11) is 0. The van der Waals surface area contributed by atoms with Crippen LogP contribution in [0.4, 0.5) is 0 Å². The summed E-state index contributed by atoms with van der Waals surface area (Å²) >= 11 is 0. The fraction of sp³-hybridized carbons (Fsp3) is 0.929. The maximum atomic E-state index is 12.0. The zero-order valence-electron chi connectivity index (χ0n) is 11.8. The van der Waals surface area contributed by atoms with E-state index in [4.69, 9.17) is 10.5 Å². The third-order valence-electron chi connectivity index (χ3n) is 3.57. The number of nitrogens with one attached hydrogen (secondary N) is 1. The minimum atomic E-state index is -0.629. The number of hydrogen-bond donors (Lipinski definition) is 2. The van der Waals surface area contributed by atoms with E-state index in [9.17, 15) is 4.79 Å². The van der Waals surface area contributed by atoms with E-state index in [0.717, 1.165) is 38.7 Å². The molecule has 0 heterocycles. The molecular formula is C14H28N2O2. The van der Waals surface area contributed by atoms with Crippen LogP contribution in [0.2, 0.25) is 0 Å². The average molecular weight is 256 g/mol. The van der Waals surface area contributed by atoms with Crippen molar-refractivity contribution in [3.8, 4) is 0 Å². The summed E-state index contributed by atoms with van der Waals surface area (Å²) < 4.78 is 5.46. The van der Waals surface area contributed by atoms with E-state index in [1.807, 2.05) is 0 Å². The molecule has 0 saturated heterocycles. The van der Waals surface area contributed by atoms with Gasteiger partial charge in [-0.3, -0.25) is 4.79 Å². The lowest BCUT2D eigenvalue weighted by molar-refractivity contribution is -0.127. The Balaban J connectivity index is 2.09. The molecule has 0 unspecified atom stereocenters. The monoisotopic (exact) mass is 256 g/mol. The van der Waals surface area contributed by atoms with Crippen molar-refractivity contribution in [3.63, 3.8) is 0 Å². The second-order valence-corrected chi connectivity index (χ2v) is 5.77. The largest absolute Gasteiger partial charge is 0.380 e. The Morgan fingerprint density at radius 2 is 1.94 bits per heavy atom. The Morgan fingerprint density at radius 3 is 2.56 bits per heavy atom. The summed E-state index contributed by atoms with van der Waals surface area (Å²) in [6, 6.07) is 0. The van der Waals surface area contributed by atoms with Gasteiger partial charge in [-0.2, -0.15) is 0 Å². The number of carbonyl (C=O) groups is 1. The van der Waals surface area contributed by atoms with Crippen molar-refractivity contribution in [1.82, 2.24) is 5.32 Å². The molecule has 0 aromatic carbocycles. The number of rotatable bonds is 7. The topological polar surface area (TPSA) is 64.3 Å². The number of amides is 1. The van der Waals surface area contributed by atoms with Crippen LogP contribution in [-0.2, 0) is 9.53 Å². The zero-order chi connectivity index (χ0) is 13.4. The molecule has 1 fully saturated rings. The molecule has 4 nitrogen and oxygen atoms in total. The Morgan fingerprint density at radius 1 is 1.28 bits per heavy atom. The molecule has 0 aromatic rings. The van der Waals surface area contributed by atoms with Crippen LogP contribution in [0.3, 0.4) is 0 Å². The normalized spacial score (nSPS) is 18.9. The van der Waals surface area contributed by atoms with Crippen LogP contribution >= 0.6 is 0 Å². The molecule has 0 radical (unpaired) electrons. The van der Waals surface area contributed by atoms with Crippen LogP contribution in [0.1, 0.15) is 52.4 Å². The fourth-order valence-electron chi connectivity index (χ4n) is 2.24. The van der Waals surface area contributed by atoms with Crippen molar-refractivity contribution < 1.29 is 9.53 Å². The maximum Gasteiger partial charge on any atom is 0.240 e. The highest BCUT2D eigenvalue weighted by Crippen LogP contribution is 2.25. The summed E-state index contributed by atoms with van der Waals surface area (Å²) in [4.78, 5) is 12.0. The molecule has 18 heavy (non-hydrogen) atoms. The Kier molecular flexibility index (Phi) is 6.65. The molecule has 0 aliphatic heterocycles. The molecule has 0 bridgehead atoms. The molecule has 1 amide bonds. The molecule has 1 rings (SSSR count). The molecule has 106 valence electrons. The van der Waals surface area contributed by atoms with Gasteiger partial charge in [-0.05, 0) is 25.2 Å². The van der Waals surface area contributed by atoms with Crippen molar-refractivity contribution in [2.45, 2.75) is 57.9 Å². The molecule has 1 aliphatic rings. The lowest BCUT2D eigenvalue weighted by Gasteiger charge is -2.31. The van der Waals surface area contributed by atoms with Crippen molar-refractivity contribution in [1.29, 1.82) is 0 Å². The van der Waals surface area contributed by atoms with Gasteiger partial charge in [0.05, 0.1) is 12.1 Å². The van der Waals surface area contributed by atoms with Gasteiger partial charge in [-0.1, -0.05) is 33.1 Å². The van der Waals surface area contributed by atoms with Crippen LogP contribution in [0, 0.1) is 5.92 Å². The standard InChI is InChI=1S/C14H28N2O2/c1-12(2)6-10-18-11-9-16-13(17)14(15)7-4-3-5-8-14/h12H,3-11,15H2,1-2H3,(H,16,17). The zero-order valence-corrected chi connectivity index (χ0v) is 11.8. The predicted molar refractivity (Wildman–Crippen MR) is 73.3 cm³/mol. The third kappa shape index (κ3) is 5.36. The molecule has 1 saturated carbocycles. The van der Waals surface area contributed by atoms with Crippen LogP contribution in [0.15, 0.2) is 0 Å². The number of nitrogens with two attached hydrogens (primary N) is 1. The van der Waals surface area contributed by atoms with E-state index in [-0.39, 0.29) is 5.91 Å². The second-order valence-electron chi connectivity index (χ2n) is 5.77. The van der Waals surface area contributed by atoms with Gasteiger partial charge in [0.2, 0.25) is 5.91 Å². The van der Waals surface area contributed by atoms with Crippen molar-refractivity contribution in [3.05, 3.63) is 0 Å². The second kappa shape index (κ2) is 7.74. The SMILES string of the molecule is CC(C)CCOCCNC(=O)C1(N)CCCCC1. The molecule has 3 N–H and O–H groups in total. The highest BCUT2D eigenvalue weighted by molar-refractivity contribution is 5.86. The van der Waals surface area contributed by atoms with Gasteiger partial charge >= 0.3 is 0 Å². The Hall–Kier alpha value is -0.610. The molecular weight excluding hydrogens is 228 g/mol. The lowest BCUT2D eigenvalue weighted by atomic mass is 9.82. The van der Waals surface area contributed by atoms with Crippen molar-refractivity contribution in [2.75, 3.05) is 19.8 Å². The summed E-state index contributed by atoms with van der Waals surface area (Å²) in [5.41, 5.74) is 5.50. The smallest absolute Gasteiger partial charge is 0.240 e. The van der Waals surface area contributed by atoms with Crippen LogP contribution in [0.25, 0.3) is 0 Å². The number of hydrogen-bond acceptors (Lipinski definition) is 3. The summed E-state index contributed by atoms with van der Waals surface area (Å²) in [6.45, 7) is 6.25. The van der Waals surface area contributed by atoms with Crippen molar-refractivity contribution in [2.24, 2.45) is 11.7 Å². The first-order valence-electron chi connectivity index (χ1n) is 7.19. The number of ether oxygens (including phenoxy) is 1. The quantitative estimate of drug-likeness (QED) is 0.683. The van der Waals surface area contributed by atoms with Gasteiger partial charge in [-0.25, -0.2) is 0 Å². The van der Waals surface area contributed by atoms with E-state index in [1.54, 1.807) is 0 Å². The molecule has 4 heteroatoms. The Labute approximate surface area is 111 Å². The predicted octanol–water partition coefficient (Wildman–Crippen LogP) is 1.83. The highest BCUT2D eigenvalue weighted by Gasteiger charge is 2.34. The first kappa shape index (κ1) is 15.4. The molecule has 0 aromatic heterocycles. The van der Waals surface area contributed by atoms with Gasteiger partial charge < -0.3 is 15.8 Å². The maximum absolute atomic E-state index is 12.0. The van der Waals surface area contributed by atoms with Gasteiger partial charge in [0.1, 0.15) is 0 Å². The van der Waals surface area contributed by atoms with Gasteiger partial charge in [0, 0.05) is 13.2 Å². The highest BCUT2D eigenvalue weighted by atomic mass is 16.5. The Bertz CT molecular complexity index is 248. The van der Waals surface area contributed by atoms with E-state index >= 15 is 0 Å². The first-order valence-corrected chi connectivity index (χ1v) is 7.19. The van der Waals surface area contributed by atoms with E-state index in [1.165, 1.54) is 6.42 Å². The van der Waals surface area contributed by atoms with Crippen LogP contribution in [-0.4, -0.2) is 31.2 Å². The van der Waals surface area contributed by atoms with Gasteiger partial charge in [0.25, 0.3) is 0 Å². The van der Waals surface area contributed by atoms with Crippen LogP contribution in [0.5, 0.6) is 0 Å². The summed E-state index contributed by atoms with van der Waals surface area (Å²) in [5, 5.41) is 2.89. The minimum absolute atomic E-state index is 0.00494. The van der Waals surface area contributed by atoms with Crippen molar-refractivity contribution >= 4 is 5.91 Å². The van der Waals surface area contributed by atoms with Gasteiger partial charge in [-0.15, -0.1) is 0 Å². The van der Waals surface area contributed by atoms with E-state index < -0.39 is 5.54 Å². The first-order chi connectivity index (χ1) is 8.54. The minimum Gasteiger partial charge on any atom is -0.380 e. The summed E-state index contributed by atoms with van der Waals surface area (Å²) in [6.07, 6.45) is 6.02. The average Bonchev–Trinajstić information content (AvgIpc) is 2.34. The molecule has 1 aliphatic carbocycles. The third-order valence-corrected chi connectivity index (χ3v) is 3.57. The number of carbonyl (C=O) groups excluding carboxylic acids is 1. The lowest BCUT2D eigenvalue weighted by Crippen LogP contribution is -2.55. The fourth-order valence-corrected chi connectivity index (χ4v) is 2.24. The molecule has 0 atom stereocenters. The van der Waals surface area contributed by atoms with Crippen LogP contribution < -0.4 is 11.1 Å². The van der Waals surface area contributed by atoms with Gasteiger partial charge in [0.15, 0.2) is 0 Å². The molecule has 0 spiro atoms.